The number of carbonyl (C=O) groups excluding carboxylic acids is 2. The van der Waals surface area contributed by atoms with Crippen molar-refractivity contribution >= 4 is 33.7 Å². The Balaban J connectivity index is 2.08. The van der Waals surface area contributed by atoms with Gasteiger partial charge in [-0.05, 0) is 51.5 Å². The first-order valence-corrected chi connectivity index (χ1v) is 8.02. The zero-order valence-corrected chi connectivity index (χ0v) is 14.0. The highest BCUT2D eigenvalue weighted by molar-refractivity contribution is 6.72. The fourth-order valence-corrected chi connectivity index (χ4v) is 3.00. The van der Waals surface area contributed by atoms with E-state index in [0.717, 1.165) is 16.7 Å². The van der Waals surface area contributed by atoms with Gasteiger partial charge >= 0.3 is 0 Å². The summed E-state index contributed by atoms with van der Waals surface area (Å²) in [6.45, 7) is 0. The topological polar surface area (TPSA) is 34.1 Å². The summed E-state index contributed by atoms with van der Waals surface area (Å²) < 4.78 is 0. The first-order valence-electron chi connectivity index (χ1n) is 7.26. The van der Waals surface area contributed by atoms with E-state index in [4.69, 9.17) is 23.2 Å². The summed E-state index contributed by atoms with van der Waals surface area (Å²) in [6, 6.07) is 22.6. The monoisotopic (exact) mass is 354 g/mol. The van der Waals surface area contributed by atoms with Crippen molar-refractivity contribution in [2.24, 2.45) is 0 Å². The van der Waals surface area contributed by atoms with Crippen LogP contribution >= 0.6 is 23.2 Å². The molecule has 0 amide bonds. The van der Waals surface area contributed by atoms with E-state index in [1.807, 2.05) is 54.6 Å². The lowest BCUT2D eigenvalue weighted by Crippen LogP contribution is -2.03. The van der Waals surface area contributed by atoms with E-state index in [0.29, 0.717) is 5.56 Å². The van der Waals surface area contributed by atoms with Crippen LogP contribution in [0.25, 0.3) is 22.3 Å². The Kier molecular flexibility index (Phi) is 4.79. The maximum absolute atomic E-state index is 11.8. The van der Waals surface area contributed by atoms with E-state index in [2.05, 4.69) is 0 Å². The first-order chi connectivity index (χ1) is 11.6. The molecule has 0 aliphatic heterocycles. The smallest absolute Gasteiger partial charge is 0.253 e. The molecule has 24 heavy (non-hydrogen) atoms. The minimum Gasteiger partial charge on any atom is -0.276 e. The molecule has 0 atom stereocenters. The summed E-state index contributed by atoms with van der Waals surface area (Å²) in [4.78, 5) is 23.4. The highest BCUT2D eigenvalue weighted by Gasteiger charge is 2.19. The minimum absolute atomic E-state index is 0.112. The van der Waals surface area contributed by atoms with Crippen molar-refractivity contribution < 1.29 is 9.59 Å². The summed E-state index contributed by atoms with van der Waals surface area (Å²) in [5, 5.41) is -1.41. The second-order valence-electron chi connectivity index (χ2n) is 5.22. The molecule has 0 aliphatic carbocycles. The van der Waals surface area contributed by atoms with Crippen LogP contribution in [0.3, 0.4) is 0 Å². The van der Waals surface area contributed by atoms with Gasteiger partial charge < -0.3 is 0 Å². The van der Waals surface area contributed by atoms with Gasteiger partial charge in [-0.2, -0.15) is 0 Å². The van der Waals surface area contributed by atoms with E-state index in [1.54, 1.807) is 12.1 Å². The Morgan fingerprint density at radius 1 is 0.583 bits per heavy atom. The van der Waals surface area contributed by atoms with Gasteiger partial charge in [-0.25, -0.2) is 0 Å². The Bertz CT molecular complexity index is 901. The van der Waals surface area contributed by atoms with Crippen molar-refractivity contribution in [2.45, 2.75) is 0 Å². The van der Waals surface area contributed by atoms with Gasteiger partial charge in [-0.3, -0.25) is 9.59 Å². The SMILES string of the molecule is O=C(Cl)c1cccc(-c2ccc(-c3ccccc3)cc2)c1C(=O)Cl. The molecule has 118 valence electrons. The molecule has 2 nitrogen and oxygen atoms in total. The zero-order chi connectivity index (χ0) is 17.1. The summed E-state index contributed by atoms with van der Waals surface area (Å²) in [6.07, 6.45) is 0. The van der Waals surface area contributed by atoms with Gasteiger partial charge in [0, 0.05) is 5.56 Å². The fourth-order valence-electron chi connectivity index (χ4n) is 2.64. The van der Waals surface area contributed by atoms with Crippen molar-refractivity contribution in [3.05, 3.63) is 83.9 Å². The molecule has 0 fully saturated rings. The van der Waals surface area contributed by atoms with Crippen LogP contribution in [-0.2, 0) is 0 Å². The molecule has 0 spiro atoms. The van der Waals surface area contributed by atoms with E-state index in [9.17, 15) is 9.59 Å². The number of hydrogen-bond donors (Lipinski definition) is 0. The van der Waals surface area contributed by atoms with Gasteiger partial charge in [-0.15, -0.1) is 0 Å². The van der Waals surface area contributed by atoms with Crippen molar-refractivity contribution in [3.63, 3.8) is 0 Å². The average Bonchev–Trinajstić information content (AvgIpc) is 2.62. The van der Waals surface area contributed by atoms with Gasteiger partial charge in [0.15, 0.2) is 0 Å². The Labute approximate surface area is 149 Å². The third-order valence-corrected chi connectivity index (χ3v) is 4.17. The highest BCUT2D eigenvalue weighted by atomic mass is 35.5. The molecule has 3 aromatic carbocycles. The zero-order valence-electron chi connectivity index (χ0n) is 12.5. The van der Waals surface area contributed by atoms with Crippen LogP contribution in [0.1, 0.15) is 20.7 Å². The largest absolute Gasteiger partial charge is 0.276 e. The van der Waals surface area contributed by atoms with Crippen LogP contribution in [-0.4, -0.2) is 10.5 Å². The summed E-state index contributed by atoms with van der Waals surface area (Å²) in [5.41, 5.74) is 3.78. The maximum atomic E-state index is 11.8. The van der Waals surface area contributed by atoms with Gasteiger partial charge in [0.05, 0.1) is 5.56 Å². The molecule has 0 unspecified atom stereocenters. The van der Waals surface area contributed by atoms with Gasteiger partial charge in [0.1, 0.15) is 0 Å². The molecule has 4 heteroatoms. The van der Waals surface area contributed by atoms with Crippen LogP contribution < -0.4 is 0 Å². The number of benzene rings is 3. The van der Waals surface area contributed by atoms with Crippen molar-refractivity contribution in [2.75, 3.05) is 0 Å². The lowest BCUT2D eigenvalue weighted by atomic mass is 9.95. The highest BCUT2D eigenvalue weighted by Crippen LogP contribution is 2.30. The molecule has 0 aliphatic rings. The van der Waals surface area contributed by atoms with E-state index in [1.165, 1.54) is 6.07 Å². The normalized spacial score (nSPS) is 10.4. The molecule has 0 bridgehead atoms. The molecular weight excluding hydrogens is 343 g/mol. The Hall–Kier alpha value is -2.42. The summed E-state index contributed by atoms with van der Waals surface area (Å²) >= 11 is 11.3. The van der Waals surface area contributed by atoms with Crippen LogP contribution in [0.15, 0.2) is 72.8 Å². The molecule has 0 saturated heterocycles. The predicted octanol–water partition coefficient (Wildman–Crippen LogP) is 5.78. The third kappa shape index (κ3) is 3.25. The molecule has 3 rings (SSSR count). The second-order valence-corrected chi connectivity index (χ2v) is 5.91. The van der Waals surface area contributed by atoms with Gasteiger partial charge in [0.2, 0.25) is 0 Å². The molecule has 0 heterocycles. The van der Waals surface area contributed by atoms with Crippen molar-refractivity contribution in [1.82, 2.24) is 0 Å². The third-order valence-electron chi connectivity index (χ3n) is 3.78. The van der Waals surface area contributed by atoms with Crippen molar-refractivity contribution in [1.29, 1.82) is 0 Å². The van der Waals surface area contributed by atoms with Gasteiger partial charge in [0.25, 0.3) is 10.5 Å². The molecule has 0 aromatic heterocycles. The summed E-state index contributed by atoms with van der Waals surface area (Å²) in [7, 11) is 0. The van der Waals surface area contributed by atoms with E-state index >= 15 is 0 Å². The molecule has 3 aromatic rings. The molecular formula is C20H12Cl2O2. The number of hydrogen-bond acceptors (Lipinski definition) is 2. The molecule has 0 saturated carbocycles. The average molecular weight is 355 g/mol. The van der Waals surface area contributed by atoms with Crippen LogP contribution in [0.2, 0.25) is 0 Å². The minimum atomic E-state index is -0.707. The number of halogens is 2. The second kappa shape index (κ2) is 7.00. The lowest BCUT2D eigenvalue weighted by Gasteiger charge is -2.10. The van der Waals surface area contributed by atoms with E-state index in [-0.39, 0.29) is 11.1 Å². The Morgan fingerprint density at radius 2 is 1.17 bits per heavy atom. The predicted molar refractivity (Wildman–Crippen MR) is 97.7 cm³/mol. The standard InChI is InChI=1S/C20H12Cl2O2/c21-19(23)17-8-4-7-16(18(17)20(22)24)15-11-9-14(10-12-15)13-5-2-1-3-6-13/h1-12H. The maximum Gasteiger partial charge on any atom is 0.253 e. The van der Waals surface area contributed by atoms with Crippen molar-refractivity contribution in [3.8, 4) is 22.3 Å². The number of carbonyl (C=O) groups is 2. The van der Waals surface area contributed by atoms with Gasteiger partial charge in [-0.1, -0.05) is 66.7 Å². The quantitative estimate of drug-likeness (QED) is 0.556. The van der Waals surface area contributed by atoms with Crippen LogP contribution in [0.5, 0.6) is 0 Å². The number of rotatable bonds is 4. The van der Waals surface area contributed by atoms with Crippen LogP contribution in [0, 0.1) is 0 Å². The summed E-state index contributed by atoms with van der Waals surface area (Å²) in [5.74, 6) is 0. The van der Waals surface area contributed by atoms with E-state index < -0.39 is 10.5 Å². The molecule has 0 N–H and O–H groups in total. The lowest BCUT2D eigenvalue weighted by molar-refractivity contribution is 0.105. The fraction of sp³-hybridized carbons (Fsp3) is 0. The molecule has 0 radical (unpaired) electrons. The van der Waals surface area contributed by atoms with Crippen LogP contribution in [0.4, 0.5) is 0 Å². The Morgan fingerprint density at radius 3 is 1.75 bits per heavy atom. The first kappa shape index (κ1) is 16.4.